The fourth-order valence-corrected chi connectivity index (χ4v) is 8.74. The summed E-state index contributed by atoms with van der Waals surface area (Å²) in [6, 6.07) is 23.8. The SMILES string of the molecule is CCCC(NC(=S)NP(=O)(Oc1ccc(Cl)cc1)N(CCCl)CCCl)P(=O)(Oc1ccccc1)Oc1ccccc1. The van der Waals surface area contributed by atoms with Gasteiger partial charge in [0.2, 0.25) is 0 Å². The van der Waals surface area contributed by atoms with Crippen molar-refractivity contribution in [3.63, 3.8) is 0 Å². The molecule has 0 saturated heterocycles. The van der Waals surface area contributed by atoms with E-state index in [-0.39, 0.29) is 35.7 Å². The van der Waals surface area contributed by atoms with Crippen LogP contribution < -0.4 is 24.0 Å². The summed E-state index contributed by atoms with van der Waals surface area (Å²) in [6.45, 7) is 2.32. The van der Waals surface area contributed by atoms with Crippen molar-refractivity contribution < 1.29 is 22.7 Å². The smallest absolute Gasteiger partial charge is 0.418 e. The molecule has 0 fully saturated rings. The van der Waals surface area contributed by atoms with Gasteiger partial charge in [0.15, 0.2) is 10.9 Å². The minimum atomic E-state index is -3.97. The van der Waals surface area contributed by atoms with Gasteiger partial charge in [0.25, 0.3) is 0 Å². The number of para-hydroxylation sites is 2. The van der Waals surface area contributed by atoms with E-state index in [0.717, 1.165) is 0 Å². The Bertz CT molecular complexity index is 1280. The average molecular weight is 679 g/mol. The quantitative estimate of drug-likeness (QED) is 0.0879. The topological polar surface area (TPSA) is 89.1 Å². The van der Waals surface area contributed by atoms with Crippen molar-refractivity contribution in [2.24, 2.45) is 0 Å². The molecule has 0 radical (unpaired) electrons. The van der Waals surface area contributed by atoms with Crippen molar-refractivity contribution in [2.45, 2.75) is 25.5 Å². The van der Waals surface area contributed by atoms with Crippen molar-refractivity contribution in [1.82, 2.24) is 15.1 Å². The van der Waals surface area contributed by atoms with E-state index in [0.29, 0.717) is 29.4 Å². The Labute approximate surface area is 261 Å². The molecule has 0 amide bonds. The second-order valence-electron chi connectivity index (χ2n) is 8.64. The minimum Gasteiger partial charge on any atom is -0.418 e. The monoisotopic (exact) mass is 677 g/mol. The number of benzene rings is 3. The molecule has 0 spiro atoms. The summed E-state index contributed by atoms with van der Waals surface area (Å²) < 4.78 is 48.2. The van der Waals surface area contributed by atoms with E-state index in [1.807, 2.05) is 19.1 Å². The number of halogens is 3. The number of hydrogen-bond acceptors (Lipinski definition) is 6. The molecule has 3 aromatic carbocycles. The molecular formula is C27H32Cl3N3O5P2S. The van der Waals surface area contributed by atoms with Gasteiger partial charge in [-0.1, -0.05) is 61.3 Å². The molecule has 222 valence electrons. The maximum absolute atomic E-state index is 14.5. The first-order chi connectivity index (χ1) is 19.7. The van der Waals surface area contributed by atoms with Gasteiger partial charge in [-0.15, -0.1) is 23.2 Å². The fourth-order valence-electron chi connectivity index (χ4n) is 3.66. The second-order valence-corrected chi connectivity index (χ2v) is 14.3. The third-order valence-corrected chi connectivity index (χ3v) is 10.7. The normalized spacial score (nSPS) is 13.6. The first kappa shape index (κ1) is 33.5. The first-order valence-corrected chi connectivity index (χ1v) is 17.9. The molecule has 14 heteroatoms. The lowest BCUT2D eigenvalue weighted by Gasteiger charge is -2.33. The highest BCUT2D eigenvalue weighted by molar-refractivity contribution is 7.81. The molecule has 2 N–H and O–H groups in total. The maximum atomic E-state index is 14.5. The van der Waals surface area contributed by atoms with Gasteiger partial charge in [-0.3, -0.25) is 5.09 Å². The summed E-state index contributed by atoms with van der Waals surface area (Å²) in [5.41, 5.74) is 0. The van der Waals surface area contributed by atoms with Crippen LogP contribution in [0.25, 0.3) is 0 Å². The molecule has 0 aromatic heterocycles. The molecule has 2 atom stereocenters. The molecule has 3 rings (SSSR count). The molecule has 0 bridgehead atoms. The van der Waals surface area contributed by atoms with E-state index in [4.69, 9.17) is 60.6 Å². The molecule has 0 saturated carbocycles. The van der Waals surface area contributed by atoms with Gasteiger partial charge >= 0.3 is 15.3 Å². The van der Waals surface area contributed by atoms with Crippen LogP contribution in [0.1, 0.15) is 19.8 Å². The number of nitrogens with one attached hydrogen (secondary N) is 2. The summed E-state index contributed by atoms with van der Waals surface area (Å²) in [5.74, 6) is 0.428. The van der Waals surface area contributed by atoms with Crippen molar-refractivity contribution >= 4 is 67.4 Å². The van der Waals surface area contributed by atoms with Crippen LogP contribution in [0.3, 0.4) is 0 Å². The van der Waals surface area contributed by atoms with Gasteiger partial charge in [0, 0.05) is 29.9 Å². The van der Waals surface area contributed by atoms with Crippen molar-refractivity contribution in [2.75, 3.05) is 24.8 Å². The van der Waals surface area contributed by atoms with Gasteiger partial charge in [-0.2, -0.15) is 0 Å². The first-order valence-electron chi connectivity index (χ1n) is 12.8. The molecule has 0 heterocycles. The highest BCUT2D eigenvalue weighted by Crippen LogP contribution is 2.54. The summed E-state index contributed by atoms with van der Waals surface area (Å²) in [7, 11) is -7.89. The van der Waals surface area contributed by atoms with E-state index in [2.05, 4.69) is 10.4 Å². The van der Waals surface area contributed by atoms with Gasteiger partial charge in [-0.05, 0) is 67.2 Å². The lowest BCUT2D eigenvalue weighted by Crippen LogP contribution is -2.45. The highest BCUT2D eigenvalue weighted by atomic mass is 35.5. The number of thiocarbonyl (C=S) groups is 1. The predicted octanol–water partition coefficient (Wildman–Crippen LogP) is 8.55. The fraction of sp³-hybridized carbons (Fsp3) is 0.296. The van der Waals surface area contributed by atoms with Crippen molar-refractivity contribution in [3.05, 3.63) is 90.0 Å². The highest BCUT2D eigenvalue weighted by Gasteiger charge is 2.41. The largest absolute Gasteiger partial charge is 0.452 e. The van der Waals surface area contributed by atoms with Gasteiger partial charge in [-0.25, -0.2) is 13.8 Å². The zero-order valence-corrected chi connectivity index (χ0v) is 27.2. The van der Waals surface area contributed by atoms with Gasteiger partial charge < -0.3 is 18.9 Å². The predicted molar refractivity (Wildman–Crippen MR) is 172 cm³/mol. The Hall–Kier alpha value is -1.96. The van der Waals surface area contributed by atoms with E-state index in [1.54, 1.807) is 72.8 Å². The van der Waals surface area contributed by atoms with Crippen LogP contribution >= 0.6 is 62.3 Å². The van der Waals surface area contributed by atoms with Gasteiger partial charge in [0.05, 0.1) is 0 Å². The van der Waals surface area contributed by atoms with Crippen molar-refractivity contribution in [3.8, 4) is 17.2 Å². The second kappa shape index (κ2) is 16.6. The number of rotatable bonds is 16. The Balaban J connectivity index is 1.92. The van der Waals surface area contributed by atoms with Crippen molar-refractivity contribution in [1.29, 1.82) is 0 Å². The lowest BCUT2D eigenvalue weighted by atomic mass is 10.3. The molecule has 41 heavy (non-hydrogen) atoms. The van der Waals surface area contributed by atoms with Gasteiger partial charge in [0.1, 0.15) is 17.2 Å². The Morgan fingerprint density at radius 2 is 1.32 bits per heavy atom. The van der Waals surface area contributed by atoms with Crippen LogP contribution in [0.15, 0.2) is 84.9 Å². The molecule has 0 aliphatic rings. The zero-order valence-electron chi connectivity index (χ0n) is 22.3. The Kier molecular flexibility index (Phi) is 13.6. The van der Waals surface area contributed by atoms with E-state index in [1.165, 1.54) is 4.67 Å². The maximum Gasteiger partial charge on any atom is 0.452 e. The van der Waals surface area contributed by atoms with Crippen LogP contribution in [0.2, 0.25) is 5.02 Å². The Morgan fingerprint density at radius 1 is 0.829 bits per heavy atom. The molecule has 2 unspecified atom stereocenters. The summed E-state index contributed by atoms with van der Waals surface area (Å²) in [6.07, 6.45) is 0.971. The molecule has 0 aliphatic carbocycles. The third-order valence-electron chi connectivity index (χ3n) is 5.54. The number of nitrogens with zero attached hydrogens (tertiary/aromatic N) is 1. The summed E-state index contributed by atoms with van der Waals surface area (Å²) in [5, 5.41) is 6.25. The third kappa shape index (κ3) is 10.4. The van der Waals surface area contributed by atoms with Crippen LogP contribution in [0.5, 0.6) is 17.2 Å². The summed E-state index contributed by atoms with van der Waals surface area (Å²) in [4.78, 5) is 0. The number of hydrogen-bond donors (Lipinski definition) is 2. The van der Waals surface area contributed by atoms with E-state index in [9.17, 15) is 9.13 Å². The molecular weight excluding hydrogens is 647 g/mol. The van der Waals surface area contributed by atoms with E-state index >= 15 is 0 Å². The zero-order chi connectivity index (χ0) is 29.7. The van der Waals surface area contributed by atoms with Crippen LogP contribution in [-0.4, -0.2) is 40.4 Å². The summed E-state index contributed by atoms with van der Waals surface area (Å²) >= 11 is 23.6. The van der Waals surface area contributed by atoms with Crippen LogP contribution in [0, 0.1) is 0 Å². The standard InChI is InChI=1S/C27H32Cl3N3O5P2S/c1-2-9-26(39(34,36-23-10-5-3-6-11-23)37-24-12-7-4-8-13-24)31-27(41)32-40(35,33(20-18-28)21-19-29)38-25-16-14-22(30)15-17-25/h3-8,10-17,26H,2,9,18-21H2,1H3,(H2,31,32,35,41). The van der Waals surface area contributed by atoms with Crippen LogP contribution in [-0.2, 0) is 9.13 Å². The average Bonchev–Trinajstić information content (AvgIpc) is 2.95. The van der Waals surface area contributed by atoms with Crippen LogP contribution in [0.4, 0.5) is 0 Å². The minimum absolute atomic E-state index is 0.0801. The molecule has 3 aromatic rings. The lowest BCUT2D eigenvalue weighted by molar-refractivity contribution is 0.359. The van der Waals surface area contributed by atoms with E-state index < -0.39 is 21.0 Å². The number of alkyl halides is 2. The Morgan fingerprint density at radius 3 is 1.78 bits per heavy atom. The molecule has 0 aliphatic heterocycles. The molecule has 8 nitrogen and oxygen atoms in total.